The lowest BCUT2D eigenvalue weighted by atomic mass is 9.47. The maximum absolute atomic E-state index is 12.2. The van der Waals surface area contributed by atoms with Gasteiger partial charge in [0.05, 0.1) is 10.8 Å². The normalized spacial score (nSPS) is 52.0. The van der Waals surface area contributed by atoms with Crippen LogP contribution in [-0.2, 0) is 14.3 Å². The first kappa shape index (κ1) is 10.1. The molecule has 0 aromatic rings. The first-order chi connectivity index (χ1) is 8.18. The molecule has 7 fully saturated rings. The summed E-state index contributed by atoms with van der Waals surface area (Å²) >= 11 is 0. The summed E-state index contributed by atoms with van der Waals surface area (Å²) in [4.78, 5) is 24.4. The molecule has 0 aromatic heterocycles. The smallest absolute Gasteiger partial charge is 0.320 e. The van der Waals surface area contributed by atoms with Crippen LogP contribution in [0.1, 0.15) is 51.4 Å². The van der Waals surface area contributed by atoms with E-state index in [2.05, 4.69) is 0 Å². The van der Waals surface area contributed by atoms with Gasteiger partial charge >= 0.3 is 11.9 Å². The third-order valence-corrected chi connectivity index (χ3v) is 6.32. The zero-order valence-electron chi connectivity index (χ0n) is 10.0. The first-order valence-corrected chi connectivity index (χ1v) is 6.95. The Hall–Kier alpha value is -0.860. The number of cyclic esters (lactones) is 2. The van der Waals surface area contributed by atoms with Crippen molar-refractivity contribution in [3.8, 4) is 0 Å². The highest BCUT2D eigenvalue weighted by molar-refractivity contribution is 6.02. The maximum Gasteiger partial charge on any atom is 0.320 e. The van der Waals surface area contributed by atoms with E-state index in [0.29, 0.717) is 0 Å². The average molecular weight is 234 g/mol. The molecule has 0 aromatic carbocycles. The lowest BCUT2D eigenvalue weighted by Crippen LogP contribution is -2.52. The van der Waals surface area contributed by atoms with E-state index in [-0.39, 0.29) is 11.9 Å². The molecule has 0 unspecified atom stereocenters. The van der Waals surface area contributed by atoms with Crippen LogP contribution in [0.25, 0.3) is 0 Å². The van der Waals surface area contributed by atoms with E-state index in [1.165, 1.54) is 0 Å². The summed E-state index contributed by atoms with van der Waals surface area (Å²) < 4.78 is 5.08. The van der Waals surface area contributed by atoms with Crippen LogP contribution in [0, 0.1) is 22.7 Å². The molecule has 17 heavy (non-hydrogen) atoms. The van der Waals surface area contributed by atoms with E-state index >= 15 is 0 Å². The van der Waals surface area contributed by atoms with Gasteiger partial charge in [-0.3, -0.25) is 9.59 Å². The van der Waals surface area contributed by atoms with Crippen molar-refractivity contribution >= 4 is 11.9 Å². The van der Waals surface area contributed by atoms with Crippen molar-refractivity contribution < 1.29 is 14.3 Å². The van der Waals surface area contributed by atoms with Crippen LogP contribution in [-0.4, -0.2) is 11.9 Å². The molecule has 0 atom stereocenters. The van der Waals surface area contributed by atoms with Crippen molar-refractivity contribution in [2.24, 2.45) is 22.7 Å². The molecule has 0 N–H and O–H groups in total. The second-order valence-corrected chi connectivity index (χ2v) is 6.52. The minimum Gasteiger partial charge on any atom is -0.392 e. The summed E-state index contributed by atoms with van der Waals surface area (Å²) in [5, 5.41) is 0. The van der Waals surface area contributed by atoms with Gasteiger partial charge in [0, 0.05) is 0 Å². The van der Waals surface area contributed by atoms with Crippen molar-refractivity contribution in [1.29, 1.82) is 0 Å². The molecular weight excluding hydrogens is 216 g/mol. The van der Waals surface area contributed by atoms with Gasteiger partial charge in [0.15, 0.2) is 0 Å². The van der Waals surface area contributed by atoms with Crippen LogP contribution in [0.3, 0.4) is 0 Å². The molecule has 2 spiro atoms. The Labute approximate surface area is 101 Å². The van der Waals surface area contributed by atoms with Crippen molar-refractivity contribution in [3.05, 3.63) is 0 Å². The Balaban J connectivity index is 1.90. The standard InChI is InChI=1S/C14H18O3/c15-11-13-5-1-9(2-6-13)10-3-7-14(13,8-4-10)12(16)17-11/h9-10H,1-8H2. The highest BCUT2D eigenvalue weighted by Crippen LogP contribution is 2.66. The summed E-state index contributed by atoms with van der Waals surface area (Å²) in [6, 6.07) is 0. The summed E-state index contributed by atoms with van der Waals surface area (Å²) in [5.41, 5.74) is -0.849. The molecule has 0 radical (unpaired) electrons. The van der Waals surface area contributed by atoms with Gasteiger partial charge in [-0.05, 0) is 63.2 Å². The van der Waals surface area contributed by atoms with Crippen LogP contribution in [0.2, 0.25) is 0 Å². The third-order valence-electron chi connectivity index (χ3n) is 6.32. The van der Waals surface area contributed by atoms with E-state index in [0.717, 1.165) is 63.2 Å². The lowest BCUT2D eigenvalue weighted by Gasteiger charge is -2.53. The number of hydrogen-bond acceptors (Lipinski definition) is 3. The molecule has 1 heterocycles. The molecule has 4 bridgehead atoms. The highest BCUT2D eigenvalue weighted by Gasteiger charge is 2.70. The molecule has 7 rings (SSSR count). The summed E-state index contributed by atoms with van der Waals surface area (Å²) in [6.07, 6.45) is 8.14. The van der Waals surface area contributed by atoms with E-state index in [1.54, 1.807) is 0 Å². The molecule has 0 amide bonds. The Morgan fingerprint density at radius 2 is 1.12 bits per heavy atom. The number of carbonyl (C=O) groups excluding carboxylic acids is 2. The summed E-state index contributed by atoms with van der Waals surface area (Å²) in [5.74, 6) is 1.23. The summed E-state index contributed by atoms with van der Waals surface area (Å²) in [6.45, 7) is 0. The Bertz CT molecular complexity index is 358. The number of hydrogen-bond donors (Lipinski definition) is 0. The lowest BCUT2D eigenvalue weighted by molar-refractivity contribution is -0.156. The van der Waals surface area contributed by atoms with Gasteiger partial charge in [-0.1, -0.05) is 0 Å². The van der Waals surface area contributed by atoms with E-state index in [1.807, 2.05) is 0 Å². The average Bonchev–Trinajstić information content (AvgIpc) is 2.50. The monoisotopic (exact) mass is 234 g/mol. The zero-order valence-corrected chi connectivity index (χ0v) is 10.0. The molecule has 1 aliphatic heterocycles. The van der Waals surface area contributed by atoms with Crippen molar-refractivity contribution in [3.63, 3.8) is 0 Å². The predicted octanol–water partition coefficient (Wildman–Crippen LogP) is 2.44. The largest absolute Gasteiger partial charge is 0.392 e. The van der Waals surface area contributed by atoms with Gasteiger partial charge in [0.1, 0.15) is 0 Å². The minimum absolute atomic E-state index is 0.193. The fourth-order valence-electron chi connectivity index (χ4n) is 5.24. The molecule has 6 aliphatic carbocycles. The van der Waals surface area contributed by atoms with Gasteiger partial charge in [-0.25, -0.2) is 0 Å². The Kier molecular flexibility index (Phi) is 1.74. The predicted molar refractivity (Wildman–Crippen MR) is 59.9 cm³/mol. The Morgan fingerprint density at radius 3 is 1.47 bits per heavy atom. The second kappa shape index (κ2) is 2.93. The number of carbonyl (C=O) groups is 2. The molecule has 3 heteroatoms. The molecule has 3 nitrogen and oxygen atoms in total. The fraction of sp³-hybridized carbons (Fsp3) is 0.857. The molecular formula is C14H18O3. The Morgan fingerprint density at radius 1 is 0.765 bits per heavy atom. The summed E-state index contributed by atoms with van der Waals surface area (Å²) in [7, 11) is 0. The molecule has 1 saturated heterocycles. The number of esters is 2. The minimum atomic E-state index is -0.425. The fourth-order valence-corrected chi connectivity index (χ4v) is 5.24. The molecule has 7 aliphatic rings. The van der Waals surface area contributed by atoms with Crippen LogP contribution < -0.4 is 0 Å². The van der Waals surface area contributed by atoms with E-state index < -0.39 is 10.8 Å². The maximum atomic E-state index is 12.2. The van der Waals surface area contributed by atoms with Crippen molar-refractivity contribution in [1.82, 2.24) is 0 Å². The van der Waals surface area contributed by atoms with Crippen LogP contribution >= 0.6 is 0 Å². The van der Waals surface area contributed by atoms with E-state index in [9.17, 15) is 9.59 Å². The van der Waals surface area contributed by atoms with E-state index in [4.69, 9.17) is 4.74 Å². The van der Waals surface area contributed by atoms with Gasteiger partial charge in [0.25, 0.3) is 0 Å². The van der Waals surface area contributed by atoms with Gasteiger partial charge in [-0.2, -0.15) is 0 Å². The zero-order chi connectivity index (χ0) is 11.7. The number of rotatable bonds is 0. The SMILES string of the molecule is O=C1OC(=O)C23CCC(CC2)C2CCC13CC2. The molecule has 6 saturated carbocycles. The van der Waals surface area contributed by atoms with Gasteiger partial charge in [0.2, 0.25) is 0 Å². The van der Waals surface area contributed by atoms with Gasteiger partial charge < -0.3 is 4.74 Å². The second-order valence-electron chi connectivity index (χ2n) is 6.52. The number of ether oxygens (including phenoxy) is 1. The van der Waals surface area contributed by atoms with Crippen LogP contribution in [0.4, 0.5) is 0 Å². The van der Waals surface area contributed by atoms with Crippen LogP contribution in [0.15, 0.2) is 0 Å². The molecule has 92 valence electrons. The quantitative estimate of drug-likeness (QED) is 0.477. The van der Waals surface area contributed by atoms with Crippen molar-refractivity contribution in [2.75, 3.05) is 0 Å². The van der Waals surface area contributed by atoms with Crippen molar-refractivity contribution in [2.45, 2.75) is 51.4 Å². The highest BCUT2D eigenvalue weighted by atomic mass is 16.6. The van der Waals surface area contributed by atoms with Crippen LogP contribution in [0.5, 0.6) is 0 Å². The third kappa shape index (κ3) is 0.962. The van der Waals surface area contributed by atoms with Gasteiger partial charge in [-0.15, -0.1) is 0 Å². The topological polar surface area (TPSA) is 43.4 Å². The first-order valence-electron chi connectivity index (χ1n) is 6.95.